The number of hydrogen-bond donors (Lipinski definition) is 1. The lowest BCUT2D eigenvalue weighted by Crippen LogP contribution is -2.32. The third kappa shape index (κ3) is 5.94. The Morgan fingerprint density at radius 1 is 1.24 bits per heavy atom. The molecule has 0 spiro atoms. The van der Waals surface area contributed by atoms with Crippen molar-refractivity contribution in [2.45, 2.75) is 32.4 Å². The predicted octanol–water partition coefficient (Wildman–Crippen LogP) is 3.92. The van der Waals surface area contributed by atoms with Crippen LogP contribution >= 0.6 is 0 Å². The number of anilines is 1. The number of nitrogens with one attached hydrogen (secondary N) is 1. The van der Waals surface area contributed by atoms with E-state index >= 15 is 0 Å². The maximum absolute atomic E-state index is 12.3. The summed E-state index contributed by atoms with van der Waals surface area (Å²) in [5.74, 6) is -0.355. The molecule has 3 rings (SSSR count). The smallest absolute Gasteiger partial charge is 0.262 e. The van der Waals surface area contributed by atoms with Crippen LogP contribution in [0.15, 0.2) is 60.2 Å². The summed E-state index contributed by atoms with van der Waals surface area (Å²) >= 11 is 0. The van der Waals surface area contributed by atoms with Gasteiger partial charge in [0.2, 0.25) is 0 Å². The van der Waals surface area contributed by atoms with Crippen molar-refractivity contribution in [2.24, 2.45) is 0 Å². The first kappa shape index (κ1) is 20.6. The molecule has 1 fully saturated rings. The molecular weight excluding hydrogens is 362 g/mol. The van der Waals surface area contributed by atoms with Gasteiger partial charge in [-0.1, -0.05) is 42.5 Å². The van der Waals surface area contributed by atoms with Crippen molar-refractivity contribution in [3.8, 4) is 6.07 Å². The van der Waals surface area contributed by atoms with E-state index in [1.54, 1.807) is 6.08 Å². The zero-order valence-corrected chi connectivity index (χ0v) is 16.8. The molecular formula is C24H27N3O2. The maximum atomic E-state index is 12.3. The molecule has 0 aliphatic carbocycles. The second-order valence-corrected chi connectivity index (χ2v) is 7.11. The van der Waals surface area contributed by atoms with Crippen LogP contribution in [0.25, 0.3) is 6.08 Å². The van der Waals surface area contributed by atoms with Crippen molar-refractivity contribution < 1.29 is 9.53 Å². The number of benzene rings is 2. The van der Waals surface area contributed by atoms with Crippen LogP contribution in [0.3, 0.4) is 0 Å². The van der Waals surface area contributed by atoms with E-state index in [4.69, 9.17) is 4.74 Å². The summed E-state index contributed by atoms with van der Waals surface area (Å²) in [4.78, 5) is 14.6. The standard InChI is InChI=1S/C24H27N3O2/c1-2-27(18-20-7-4-3-5-8-20)22-12-10-19(11-13-22)15-21(16-25)24(28)26-17-23-9-6-14-29-23/h3-5,7-8,10-13,15,23H,2,6,9,14,17-18H2,1H3,(H,26,28)/b21-15+/t23-/m0/s1. The topological polar surface area (TPSA) is 65.4 Å². The van der Waals surface area contributed by atoms with Gasteiger partial charge >= 0.3 is 0 Å². The molecule has 0 saturated carbocycles. The van der Waals surface area contributed by atoms with Gasteiger partial charge < -0.3 is 15.0 Å². The average Bonchev–Trinajstić information content (AvgIpc) is 3.29. The van der Waals surface area contributed by atoms with Gasteiger partial charge in [0.25, 0.3) is 5.91 Å². The Labute approximate surface area is 172 Å². The average molecular weight is 389 g/mol. The zero-order valence-electron chi connectivity index (χ0n) is 16.8. The fourth-order valence-electron chi connectivity index (χ4n) is 3.39. The highest BCUT2D eigenvalue weighted by atomic mass is 16.5. The minimum Gasteiger partial charge on any atom is -0.376 e. The molecule has 0 radical (unpaired) electrons. The molecule has 1 N–H and O–H groups in total. The van der Waals surface area contributed by atoms with Crippen LogP contribution < -0.4 is 10.2 Å². The summed E-state index contributed by atoms with van der Waals surface area (Å²) in [6.45, 7) is 5.04. The predicted molar refractivity (Wildman–Crippen MR) is 115 cm³/mol. The second kappa shape index (κ2) is 10.4. The van der Waals surface area contributed by atoms with E-state index in [1.807, 2.05) is 48.5 Å². The molecule has 0 unspecified atom stereocenters. The molecule has 1 aliphatic rings. The van der Waals surface area contributed by atoms with E-state index in [2.05, 4.69) is 29.3 Å². The molecule has 150 valence electrons. The lowest BCUT2D eigenvalue weighted by molar-refractivity contribution is -0.117. The monoisotopic (exact) mass is 389 g/mol. The summed E-state index contributed by atoms with van der Waals surface area (Å²) in [6, 6.07) is 20.3. The molecule has 1 heterocycles. The van der Waals surface area contributed by atoms with Crippen LogP contribution in [0.4, 0.5) is 5.69 Å². The first-order valence-corrected chi connectivity index (χ1v) is 10.1. The van der Waals surface area contributed by atoms with Gasteiger partial charge in [-0.3, -0.25) is 4.79 Å². The Morgan fingerprint density at radius 2 is 2.00 bits per heavy atom. The molecule has 2 aromatic rings. The molecule has 2 aromatic carbocycles. The number of nitrogens with zero attached hydrogens (tertiary/aromatic N) is 2. The summed E-state index contributed by atoms with van der Waals surface area (Å²) in [7, 11) is 0. The largest absolute Gasteiger partial charge is 0.376 e. The minimum absolute atomic E-state index is 0.0582. The fourth-order valence-corrected chi connectivity index (χ4v) is 3.39. The van der Waals surface area contributed by atoms with E-state index in [0.717, 1.165) is 43.8 Å². The van der Waals surface area contributed by atoms with Gasteiger partial charge in [-0.2, -0.15) is 5.26 Å². The van der Waals surface area contributed by atoms with Gasteiger partial charge in [0.05, 0.1) is 6.10 Å². The van der Waals surface area contributed by atoms with E-state index in [-0.39, 0.29) is 17.6 Å². The molecule has 29 heavy (non-hydrogen) atoms. The van der Waals surface area contributed by atoms with Crippen LogP contribution in [-0.2, 0) is 16.1 Å². The van der Waals surface area contributed by atoms with Crippen molar-refractivity contribution in [3.63, 3.8) is 0 Å². The SMILES string of the molecule is CCN(Cc1ccccc1)c1ccc(/C=C(\C#N)C(=O)NC[C@@H]2CCCO2)cc1. The minimum atomic E-state index is -0.355. The molecule has 5 heteroatoms. The van der Waals surface area contributed by atoms with E-state index in [1.165, 1.54) is 5.56 Å². The van der Waals surface area contributed by atoms with Crippen molar-refractivity contribution in [1.29, 1.82) is 5.26 Å². The van der Waals surface area contributed by atoms with Crippen LogP contribution in [0.2, 0.25) is 0 Å². The third-order valence-corrected chi connectivity index (χ3v) is 5.05. The van der Waals surface area contributed by atoms with Crippen molar-refractivity contribution >= 4 is 17.7 Å². The fraction of sp³-hybridized carbons (Fsp3) is 0.333. The Kier molecular flexibility index (Phi) is 7.43. The van der Waals surface area contributed by atoms with Crippen LogP contribution in [0.1, 0.15) is 30.9 Å². The van der Waals surface area contributed by atoms with Crippen LogP contribution in [-0.4, -0.2) is 31.7 Å². The highest BCUT2D eigenvalue weighted by molar-refractivity contribution is 6.01. The van der Waals surface area contributed by atoms with Gasteiger partial charge in [-0.25, -0.2) is 0 Å². The summed E-state index contributed by atoms with van der Waals surface area (Å²) in [6.07, 6.45) is 3.65. The summed E-state index contributed by atoms with van der Waals surface area (Å²) < 4.78 is 5.50. The highest BCUT2D eigenvalue weighted by Gasteiger charge is 2.17. The van der Waals surface area contributed by atoms with E-state index < -0.39 is 0 Å². The second-order valence-electron chi connectivity index (χ2n) is 7.11. The Hall–Kier alpha value is -3.10. The number of nitriles is 1. The molecule has 0 aromatic heterocycles. The quantitative estimate of drug-likeness (QED) is 0.549. The lowest BCUT2D eigenvalue weighted by Gasteiger charge is -2.23. The van der Waals surface area contributed by atoms with Crippen LogP contribution in [0, 0.1) is 11.3 Å². The molecule has 0 bridgehead atoms. The van der Waals surface area contributed by atoms with Crippen molar-refractivity contribution in [3.05, 3.63) is 71.3 Å². The highest BCUT2D eigenvalue weighted by Crippen LogP contribution is 2.19. The maximum Gasteiger partial charge on any atom is 0.262 e. The Balaban J connectivity index is 1.64. The van der Waals surface area contributed by atoms with Crippen molar-refractivity contribution in [1.82, 2.24) is 5.32 Å². The third-order valence-electron chi connectivity index (χ3n) is 5.05. The van der Waals surface area contributed by atoms with E-state index in [9.17, 15) is 10.1 Å². The number of rotatable bonds is 8. The van der Waals surface area contributed by atoms with Gasteiger partial charge in [-0.05, 0) is 49.1 Å². The van der Waals surface area contributed by atoms with Gasteiger partial charge in [0.1, 0.15) is 11.6 Å². The molecule has 5 nitrogen and oxygen atoms in total. The first-order chi connectivity index (χ1) is 14.2. The summed E-state index contributed by atoms with van der Waals surface area (Å²) in [5.41, 5.74) is 3.29. The normalized spacial score (nSPS) is 16.3. The first-order valence-electron chi connectivity index (χ1n) is 10.1. The number of hydrogen-bond acceptors (Lipinski definition) is 4. The molecule has 1 amide bonds. The van der Waals surface area contributed by atoms with E-state index in [0.29, 0.717) is 6.54 Å². The van der Waals surface area contributed by atoms with Gasteiger partial charge in [0, 0.05) is 31.9 Å². The van der Waals surface area contributed by atoms with Gasteiger partial charge in [-0.15, -0.1) is 0 Å². The van der Waals surface area contributed by atoms with Gasteiger partial charge in [0.15, 0.2) is 0 Å². The zero-order chi connectivity index (χ0) is 20.5. The Morgan fingerprint density at radius 3 is 2.62 bits per heavy atom. The van der Waals surface area contributed by atoms with Crippen LogP contribution in [0.5, 0.6) is 0 Å². The number of ether oxygens (including phenoxy) is 1. The number of carbonyl (C=O) groups excluding carboxylic acids is 1. The molecule has 1 saturated heterocycles. The molecule has 1 atom stereocenters. The Bertz CT molecular complexity index is 863. The number of carbonyl (C=O) groups is 1. The number of amides is 1. The molecule has 1 aliphatic heterocycles. The summed E-state index contributed by atoms with van der Waals surface area (Å²) in [5, 5.41) is 12.2. The lowest BCUT2D eigenvalue weighted by atomic mass is 10.1. The van der Waals surface area contributed by atoms with Crippen molar-refractivity contribution in [2.75, 3.05) is 24.6 Å².